The summed E-state index contributed by atoms with van der Waals surface area (Å²) >= 11 is 0. The van der Waals surface area contributed by atoms with Crippen LogP contribution < -0.4 is 5.32 Å². The van der Waals surface area contributed by atoms with Crippen LogP contribution in [-0.2, 0) is 10.8 Å². The van der Waals surface area contributed by atoms with Gasteiger partial charge in [-0.15, -0.1) is 0 Å². The van der Waals surface area contributed by atoms with E-state index in [4.69, 9.17) is 4.42 Å². The van der Waals surface area contributed by atoms with E-state index >= 15 is 0 Å². The van der Waals surface area contributed by atoms with Crippen LogP contribution in [-0.4, -0.2) is 28.8 Å². The summed E-state index contributed by atoms with van der Waals surface area (Å²) in [7, 11) is -0.667. The van der Waals surface area contributed by atoms with Crippen molar-refractivity contribution in [2.24, 2.45) is 0 Å². The van der Waals surface area contributed by atoms with Crippen LogP contribution in [0.2, 0.25) is 0 Å². The average molecular weight is 227 g/mol. The Labute approximate surface area is 93.0 Å². The third-order valence-electron chi connectivity index (χ3n) is 1.92. The van der Waals surface area contributed by atoms with Crippen LogP contribution >= 0.6 is 0 Å². The van der Waals surface area contributed by atoms with Gasteiger partial charge in [-0.1, -0.05) is 13.0 Å². The molecule has 0 aliphatic heterocycles. The molecule has 1 aromatic rings. The smallest absolute Gasteiger partial charge is 0.126 e. The summed E-state index contributed by atoms with van der Waals surface area (Å²) in [6.07, 6.45) is 5.56. The molecule has 3 nitrogen and oxygen atoms in total. The summed E-state index contributed by atoms with van der Waals surface area (Å²) in [5.74, 6) is 2.32. The van der Waals surface area contributed by atoms with Crippen molar-refractivity contribution in [3.63, 3.8) is 0 Å². The molecule has 0 aromatic carbocycles. The molecule has 0 saturated carbocycles. The highest BCUT2D eigenvalue weighted by Crippen LogP contribution is 2.01. The summed E-state index contributed by atoms with van der Waals surface area (Å²) in [5, 5.41) is 3.19. The highest BCUT2D eigenvalue weighted by Gasteiger charge is 1.93. The molecule has 1 atom stereocenters. The maximum Gasteiger partial charge on any atom is 0.126 e. The molecular weight excluding hydrogens is 210 g/mol. The number of rotatable bonds is 7. The normalized spacial score (nSPS) is 13.4. The van der Waals surface area contributed by atoms with E-state index in [0.717, 1.165) is 30.4 Å². The SMILES string of the molecule is CCS(=O)CCNC/C=C/c1ccco1. The van der Waals surface area contributed by atoms with E-state index in [-0.39, 0.29) is 0 Å². The van der Waals surface area contributed by atoms with Crippen molar-refractivity contribution in [2.75, 3.05) is 24.6 Å². The molecule has 0 bridgehead atoms. The van der Waals surface area contributed by atoms with Gasteiger partial charge in [0.25, 0.3) is 0 Å². The zero-order valence-corrected chi connectivity index (χ0v) is 9.76. The van der Waals surface area contributed by atoms with Gasteiger partial charge in [0, 0.05) is 35.4 Å². The van der Waals surface area contributed by atoms with Gasteiger partial charge in [0.1, 0.15) is 5.76 Å². The van der Waals surface area contributed by atoms with E-state index in [1.165, 1.54) is 0 Å². The maximum absolute atomic E-state index is 11.1. The minimum Gasteiger partial charge on any atom is -0.465 e. The van der Waals surface area contributed by atoms with E-state index in [2.05, 4.69) is 5.32 Å². The van der Waals surface area contributed by atoms with Crippen molar-refractivity contribution in [1.29, 1.82) is 0 Å². The fraction of sp³-hybridized carbons (Fsp3) is 0.455. The molecule has 0 saturated heterocycles. The van der Waals surface area contributed by atoms with Gasteiger partial charge in [-0.2, -0.15) is 0 Å². The Hall–Kier alpha value is -0.870. The summed E-state index contributed by atoms with van der Waals surface area (Å²) in [4.78, 5) is 0. The average Bonchev–Trinajstić information content (AvgIpc) is 2.75. The molecule has 0 aliphatic carbocycles. The Balaban J connectivity index is 2.04. The lowest BCUT2D eigenvalue weighted by atomic mass is 10.4. The molecule has 1 aromatic heterocycles. The van der Waals surface area contributed by atoms with E-state index in [1.807, 2.05) is 31.2 Å². The van der Waals surface area contributed by atoms with E-state index < -0.39 is 10.8 Å². The van der Waals surface area contributed by atoms with Gasteiger partial charge in [-0.25, -0.2) is 0 Å². The lowest BCUT2D eigenvalue weighted by molar-refractivity contribution is 0.557. The van der Waals surface area contributed by atoms with Crippen LogP contribution in [0.4, 0.5) is 0 Å². The van der Waals surface area contributed by atoms with Crippen molar-refractivity contribution in [3.8, 4) is 0 Å². The fourth-order valence-electron chi connectivity index (χ4n) is 1.08. The molecule has 1 N–H and O–H groups in total. The standard InChI is InChI=1S/C11H17NO2S/c1-2-15(13)10-8-12-7-3-5-11-6-4-9-14-11/h3-6,9,12H,2,7-8,10H2,1H3/b5-3+. The summed E-state index contributed by atoms with van der Waals surface area (Å²) in [6.45, 7) is 3.51. The molecule has 0 amide bonds. The topological polar surface area (TPSA) is 42.2 Å². The summed E-state index contributed by atoms with van der Waals surface area (Å²) < 4.78 is 16.2. The monoisotopic (exact) mass is 227 g/mol. The van der Waals surface area contributed by atoms with Crippen molar-refractivity contribution in [2.45, 2.75) is 6.92 Å². The van der Waals surface area contributed by atoms with Crippen LogP contribution in [0.3, 0.4) is 0 Å². The molecule has 84 valence electrons. The summed E-state index contributed by atoms with van der Waals surface area (Å²) in [6, 6.07) is 3.76. The Morgan fingerprint density at radius 2 is 2.47 bits per heavy atom. The van der Waals surface area contributed by atoms with Crippen LogP contribution in [0.5, 0.6) is 0 Å². The fourth-order valence-corrected chi connectivity index (χ4v) is 1.74. The van der Waals surface area contributed by atoms with Gasteiger partial charge in [0.05, 0.1) is 6.26 Å². The first kappa shape index (κ1) is 12.2. The van der Waals surface area contributed by atoms with Crippen LogP contribution in [0.1, 0.15) is 12.7 Å². The third-order valence-corrected chi connectivity index (χ3v) is 3.22. The Morgan fingerprint density at radius 3 is 3.13 bits per heavy atom. The van der Waals surface area contributed by atoms with Gasteiger partial charge in [-0.05, 0) is 18.2 Å². The number of hydrogen-bond donors (Lipinski definition) is 1. The predicted octanol–water partition coefficient (Wildman–Crippen LogP) is 1.65. The molecule has 0 fully saturated rings. The quantitative estimate of drug-likeness (QED) is 0.720. The van der Waals surface area contributed by atoms with E-state index in [9.17, 15) is 4.21 Å². The summed E-state index contributed by atoms with van der Waals surface area (Å²) in [5.41, 5.74) is 0. The molecule has 0 spiro atoms. The van der Waals surface area contributed by atoms with Crippen molar-refractivity contribution in [1.82, 2.24) is 5.32 Å². The number of furan rings is 1. The van der Waals surface area contributed by atoms with E-state index in [0.29, 0.717) is 0 Å². The van der Waals surface area contributed by atoms with Crippen LogP contribution in [0.15, 0.2) is 28.9 Å². The molecule has 1 heterocycles. The number of hydrogen-bond acceptors (Lipinski definition) is 3. The molecule has 0 radical (unpaired) electrons. The lowest BCUT2D eigenvalue weighted by Gasteiger charge is -1.99. The van der Waals surface area contributed by atoms with E-state index in [1.54, 1.807) is 6.26 Å². The molecule has 4 heteroatoms. The van der Waals surface area contributed by atoms with Gasteiger partial charge >= 0.3 is 0 Å². The van der Waals surface area contributed by atoms with Gasteiger partial charge in [-0.3, -0.25) is 4.21 Å². The molecular formula is C11H17NO2S. The first-order valence-electron chi connectivity index (χ1n) is 5.08. The number of nitrogens with one attached hydrogen (secondary N) is 1. The first-order valence-corrected chi connectivity index (χ1v) is 6.57. The predicted molar refractivity (Wildman–Crippen MR) is 64.2 cm³/mol. The maximum atomic E-state index is 11.1. The van der Waals surface area contributed by atoms with Crippen LogP contribution in [0, 0.1) is 0 Å². The third kappa shape index (κ3) is 5.54. The van der Waals surface area contributed by atoms with Crippen molar-refractivity contribution in [3.05, 3.63) is 30.2 Å². The largest absolute Gasteiger partial charge is 0.465 e. The lowest BCUT2D eigenvalue weighted by Crippen LogP contribution is -2.20. The second-order valence-electron chi connectivity index (χ2n) is 3.05. The Kier molecular flexibility index (Phi) is 6.04. The second-order valence-corrected chi connectivity index (χ2v) is 4.92. The molecule has 15 heavy (non-hydrogen) atoms. The molecule has 0 aliphatic rings. The Bertz CT molecular complexity index is 306. The van der Waals surface area contributed by atoms with Gasteiger partial charge < -0.3 is 9.73 Å². The minimum absolute atomic E-state index is 0.667. The van der Waals surface area contributed by atoms with Crippen molar-refractivity contribution < 1.29 is 8.63 Å². The molecule has 1 rings (SSSR count). The van der Waals surface area contributed by atoms with Gasteiger partial charge in [0.15, 0.2) is 0 Å². The molecule has 1 unspecified atom stereocenters. The van der Waals surface area contributed by atoms with Gasteiger partial charge in [0.2, 0.25) is 0 Å². The minimum atomic E-state index is -0.667. The first-order chi connectivity index (χ1) is 7.33. The highest BCUT2D eigenvalue weighted by molar-refractivity contribution is 7.84. The van der Waals surface area contributed by atoms with Crippen LogP contribution in [0.25, 0.3) is 6.08 Å². The second kappa shape index (κ2) is 7.43. The van der Waals surface area contributed by atoms with Crippen molar-refractivity contribution >= 4 is 16.9 Å². The Morgan fingerprint density at radius 1 is 1.60 bits per heavy atom. The zero-order valence-electron chi connectivity index (χ0n) is 8.94. The highest BCUT2D eigenvalue weighted by atomic mass is 32.2. The zero-order chi connectivity index (χ0) is 10.9.